The zero-order valence-electron chi connectivity index (χ0n) is 18.0. The highest BCUT2D eigenvalue weighted by molar-refractivity contribution is 7.85. The molecule has 0 saturated heterocycles. The van der Waals surface area contributed by atoms with Gasteiger partial charge < -0.3 is 15.2 Å². The number of aliphatic imine (C=N–C) groups is 1. The number of nitrogens with zero attached hydrogens (tertiary/aromatic N) is 3. The Morgan fingerprint density at radius 2 is 2.20 bits per heavy atom. The number of rotatable bonds is 7. The fourth-order valence-corrected chi connectivity index (χ4v) is 5.26. The third-order valence-corrected chi connectivity index (χ3v) is 7.23. The Bertz CT molecular complexity index is 897. The number of aryl methyl sites for hydroxylation is 1. The molecule has 2 N–H and O–H groups in total. The van der Waals surface area contributed by atoms with Crippen molar-refractivity contribution in [2.45, 2.75) is 64.3 Å². The standard InChI is InChI=1S/C22H32FN5OS/c1-4-24-22(27-18-7-6-8-19(14-18)30(29)5-2)26-15-17-9-10-21(20(23)13-17)28-12-11-25-16(28)3/h9-13,18-19H,4-8,14-15H2,1-3H3,(H2,24,26,27). The van der Waals surface area contributed by atoms with E-state index in [1.165, 1.54) is 6.07 Å². The Morgan fingerprint density at radius 3 is 2.87 bits per heavy atom. The van der Waals surface area contributed by atoms with Crippen LogP contribution in [0.3, 0.4) is 0 Å². The van der Waals surface area contributed by atoms with Gasteiger partial charge in [0.25, 0.3) is 0 Å². The summed E-state index contributed by atoms with van der Waals surface area (Å²) in [5.41, 5.74) is 1.29. The van der Waals surface area contributed by atoms with Crippen LogP contribution in [0.15, 0.2) is 35.6 Å². The van der Waals surface area contributed by atoms with Gasteiger partial charge in [0.05, 0.1) is 12.2 Å². The number of hydrogen-bond donors (Lipinski definition) is 2. The van der Waals surface area contributed by atoms with Crippen molar-refractivity contribution in [1.29, 1.82) is 0 Å². The van der Waals surface area contributed by atoms with Crippen LogP contribution in [0.1, 0.15) is 50.9 Å². The number of benzene rings is 1. The molecule has 3 atom stereocenters. The molecule has 30 heavy (non-hydrogen) atoms. The molecule has 0 bridgehead atoms. The smallest absolute Gasteiger partial charge is 0.191 e. The third kappa shape index (κ3) is 5.68. The molecule has 1 saturated carbocycles. The Labute approximate surface area is 180 Å². The molecule has 1 aromatic carbocycles. The maximum atomic E-state index is 14.6. The Hall–Kier alpha value is -2.22. The third-order valence-electron chi connectivity index (χ3n) is 5.48. The summed E-state index contributed by atoms with van der Waals surface area (Å²) in [4.78, 5) is 8.80. The lowest BCUT2D eigenvalue weighted by molar-refractivity contribution is 0.413. The second kappa shape index (κ2) is 10.7. The Balaban J connectivity index is 1.66. The van der Waals surface area contributed by atoms with E-state index in [0.717, 1.165) is 49.6 Å². The van der Waals surface area contributed by atoms with Gasteiger partial charge in [0.15, 0.2) is 5.96 Å². The first kappa shape index (κ1) is 22.5. The molecule has 1 fully saturated rings. The normalized spacial score (nSPS) is 20.7. The summed E-state index contributed by atoms with van der Waals surface area (Å²) in [5, 5.41) is 7.02. The number of nitrogens with one attached hydrogen (secondary N) is 2. The minimum atomic E-state index is -0.754. The minimum absolute atomic E-state index is 0.261. The number of imidazole rings is 1. The molecular weight excluding hydrogens is 401 g/mol. The molecule has 6 nitrogen and oxygen atoms in total. The van der Waals surface area contributed by atoms with E-state index in [1.807, 2.05) is 26.8 Å². The maximum absolute atomic E-state index is 14.6. The number of halogens is 1. The van der Waals surface area contributed by atoms with E-state index in [-0.39, 0.29) is 17.1 Å². The summed E-state index contributed by atoms with van der Waals surface area (Å²) in [6, 6.07) is 5.45. The lowest BCUT2D eigenvalue weighted by Crippen LogP contribution is -2.46. The van der Waals surface area contributed by atoms with Crippen LogP contribution < -0.4 is 10.6 Å². The van der Waals surface area contributed by atoms with Gasteiger partial charge in [-0.15, -0.1) is 0 Å². The van der Waals surface area contributed by atoms with Gasteiger partial charge in [-0.3, -0.25) is 4.21 Å². The monoisotopic (exact) mass is 433 g/mol. The number of aromatic nitrogens is 2. The second-order valence-corrected chi connectivity index (χ2v) is 9.63. The fraction of sp³-hybridized carbons (Fsp3) is 0.545. The quantitative estimate of drug-likeness (QED) is 0.518. The van der Waals surface area contributed by atoms with Crippen LogP contribution in [0, 0.1) is 12.7 Å². The van der Waals surface area contributed by atoms with E-state index in [0.29, 0.717) is 18.0 Å². The number of hydrogen-bond acceptors (Lipinski definition) is 3. The van der Waals surface area contributed by atoms with E-state index in [9.17, 15) is 8.60 Å². The molecule has 8 heteroatoms. The topological polar surface area (TPSA) is 71.3 Å². The lowest BCUT2D eigenvalue weighted by atomic mass is 9.95. The van der Waals surface area contributed by atoms with Crippen molar-refractivity contribution in [3.63, 3.8) is 0 Å². The molecule has 1 aromatic heterocycles. The number of guanidine groups is 1. The summed E-state index contributed by atoms with van der Waals surface area (Å²) in [6.07, 6.45) is 7.48. The van der Waals surface area contributed by atoms with Gasteiger partial charge in [-0.1, -0.05) is 19.4 Å². The van der Waals surface area contributed by atoms with Gasteiger partial charge in [-0.25, -0.2) is 14.4 Å². The first-order chi connectivity index (χ1) is 14.5. The van der Waals surface area contributed by atoms with Gasteiger partial charge in [0.2, 0.25) is 0 Å². The minimum Gasteiger partial charge on any atom is -0.357 e. The van der Waals surface area contributed by atoms with E-state index in [4.69, 9.17) is 0 Å². The predicted molar refractivity (Wildman–Crippen MR) is 121 cm³/mol. The van der Waals surface area contributed by atoms with E-state index in [2.05, 4.69) is 20.6 Å². The molecule has 0 spiro atoms. The van der Waals surface area contributed by atoms with Gasteiger partial charge in [-0.2, -0.15) is 0 Å². The SMILES string of the molecule is CCNC(=NCc1ccc(-n2ccnc2C)c(F)c1)NC1CCCC(S(=O)CC)C1. The molecule has 0 amide bonds. The average Bonchev–Trinajstić information content (AvgIpc) is 3.17. The van der Waals surface area contributed by atoms with Gasteiger partial charge >= 0.3 is 0 Å². The zero-order valence-corrected chi connectivity index (χ0v) is 18.8. The molecule has 3 unspecified atom stereocenters. The van der Waals surface area contributed by atoms with Crippen LogP contribution in [0.5, 0.6) is 0 Å². The molecule has 164 valence electrons. The van der Waals surface area contributed by atoms with Crippen LogP contribution in [-0.4, -0.2) is 43.3 Å². The zero-order chi connectivity index (χ0) is 21.5. The largest absolute Gasteiger partial charge is 0.357 e. The lowest BCUT2D eigenvalue weighted by Gasteiger charge is -2.30. The predicted octanol–water partition coefficient (Wildman–Crippen LogP) is 3.45. The highest BCUT2D eigenvalue weighted by Gasteiger charge is 2.26. The summed E-state index contributed by atoms with van der Waals surface area (Å²) >= 11 is 0. The van der Waals surface area contributed by atoms with Crippen molar-refractivity contribution in [2.24, 2.45) is 4.99 Å². The Kier molecular flexibility index (Phi) is 8.01. The van der Waals surface area contributed by atoms with Crippen LogP contribution in [-0.2, 0) is 17.3 Å². The average molecular weight is 434 g/mol. The van der Waals surface area contributed by atoms with E-state index in [1.54, 1.807) is 23.0 Å². The molecule has 1 aliphatic carbocycles. The fourth-order valence-electron chi connectivity index (χ4n) is 3.91. The first-order valence-corrected chi connectivity index (χ1v) is 12.1. The van der Waals surface area contributed by atoms with E-state index < -0.39 is 10.8 Å². The highest BCUT2D eigenvalue weighted by Crippen LogP contribution is 2.23. The summed E-state index contributed by atoms with van der Waals surface area (Å²) in [5.74, 6) is 1.89. The van der Waals surface area contributed by atoms with Crippen molar-refractivity contribution in [1.82, 2.24) is 20.2 Å². The van der Waals surface area contributed by atoms with Gasteiger partial charge in [0, 0.05) is 46.8 Å². The van der Waals surface area contributed by atoms with Crippen molar-refractivity contribution in [3.05, 3.63) is 47.8 Å². The second-order valence-electron chi connectivity index (χ2n) is 7.62. The van der Waals surface area contributed by atoms with Crippen LogP contribution in [0.4, 0.5) is 4.39 Å². The molecule has 2 aromatic rings. The van der Waals surface area contributed by atoms with Crippen LogP contribution in [0.2, 0.25) is 0 Å². The van der Waals surface area contributed by atoms with Crippen molar-refractivity contribution in [2.75, 3.05) is 12.3 Å². The highest BCUT2D eigenvalue weighted by atomic mass is 32.2. The molecule has 0 radical (unpaired) electrons. The van der Waals surface area contributed by atoms with Gasteiger partial charge in [0.1, 0.15) is 11.6 Å². The van der Waals surface area contributed by atoms with Crippen molar-refractivity contribution >= 4 is 16.8 Å². The van der Waals surface area contributed by atoms with Crippen molar-refractivity contribution < 1.29 is 8.60 Å². The summed E-state index contributed by atoms with van der Waals surface area (Å²) in [7, 11) is -0.754. The maximum Gasteiger partial charge on any atom is 0.191 e. The summed E-state index contributed by atoms with van der Waals surface area (Å²) in [6.45, 7) is 6.98. The van der Waals surface area contributed by atoms with E-state index >= 15 is 0 Å². The molecule has 1 heterocycles. The molecule has 0 aliphatic heterocycles. The molecular formula is C22H32FN5OS. The molecule has 3 rings (SSSR count). The first-order valence-electron chi connectivity index (χ1n) is 10.7. The summed E-state index contributed by atoms with van der Waals surface area (Å²) < 4.78 is 28.6. The van der Waals surface area contributed by atoms with Crippen molar-refractivity contribution in [3.8, 4) is 5.69 Å². The Morgan fingerprint density at radius 1 is 1.37 bits per heavy atom. The van der Waals surface area contributed by atoms with Crippen LogP contribution in [0.25, 0.3) is 5.69 Å². The molecule has 1 aliphatic rings. The van der Waals surface area contributed by atoms with Crippen LogP contribution >= 0.6 is 0 Å². The van der Waals surface area contributed by atoms with Gasteiger partial charge in [-0.05, 0) is 50.8 Å².